The van der Waals surface area contributed by atoms with Crippen LogP contribution in [0.4, 0.5) is 0 Å². The lowest BCUT2D eigenvalue weighted by atomic mass is 9.82. The lowest BCUT2D eigenvalue weighted by Crippen LogP contribution is -2.48. The number of carboxylic acid groups (broad SMARTS) is 1. The molecule has 2 aliphatic carbocycles. The quantitative estimate of drug-likeness (QED) is 0.553. The van der Waals surface area contributed by atoms with E-state index >= 15 is 0 Å². The Hall–Kier alpha value is -2.83. The highest BCUT2D eigenvalue weighted by molar-refractivity contribution is 5.96. The largest absolute Gasteiger partial charge is 0.494 e. The molecule has 3 N–H and O–H groups in total. The number of benzene rings is 1. The third-order valence-electron chi connectivity index (χ3n) is 4.75. The summed E-state index contributed by atoms with van der Waals surface area (Å²) < 4.78 is 5.34. The molecule has 7 heteroatoms. The zero-order valence-electron chi connectivity index (χ0n) is 13.8. The van der Waals surface area contributed by atoms with Gasteiger partial charge in [0.05, 0.1) is 18.4 Å². The molecule has 2 bridgehead atoms. The van der Waals surface area contributed by atoms with Crippen molar-refractivity contribution in [3.05, 3.63) is 42.0 Å². The van der Waals surface area contributed by atoms with Crippen molar-refractivity contribution in [1.29, 1.82) is 0 Å². The number of carbonyl (C=O) groups excluding carboxylic acids is 2. The van der Waals surface area contributed by atoms with Crippen LogP contribution >= 0.6 is 0 Å². The normalized spacial score (nSPS) is 26.3. The Bertz CT molecular complexity index is 730. The zero-order chi connectivity index (χ0) is 18.0. The molecule has 25 heavy (non-hydrogen) atoms. The van der Waals surface area contributed by atoms with E-state index in [1.165, 1.54) is 0 Å². The van der Waals surface area contributed by atoms with Gasteiger partial charge in [-0.15, -0.1) is 0 Å². The SMILES string of the molecule is CCOc1cccc(C(=O)NNC(=O)[C@@H]2[C@@H](C(=O)O)[C@@H]3C=C[C@H]2C3)c1. The van der Waals surface area contributed by atoms with Crippen molar-refractivity contribution in [2.24, 2.45) is 23.7 Å². The second-order valence-electron chi connectivity index (χ2n) is 6.24. The van der Waals surface area contributed by atoms with E-state index in [4.69, 9.17) is 4.74 Å². The van der Waals surface area contributed by atoms with Gasteiger partial charge in [-0.2, -0.15) is 0 Å². The number of fused-ring (bicyclic) bond motifs is 2. The van der Waals surface area contributed by atoms with Gasteiger partial charge in [-0.25, -0.2) is 0 Å². The molecule has 1 fully saturated rings. The van der Waals surface area contributed by atoms with Crippen molar-refractivity contribution in [1.82, 2.24) is 10.9 Å². The molecule has 2 amide bonds. The van der Waals surface area contributed by atoms with E-state index < -0.39 is 29.6 Å². The first kappa shape index (κ1) is 17.0. The maximum Gasteiger partial charge on any atom is 0.307 e. The highest BCUT2D eigenvalue weighted by atomic mass is 16.5. The molecule has 132 valence electrons. The van der Waals surface area contributed by atoms with Gasteiger partial charge in [0.15, 0.2) is 0 Å². The van der Waals surface area contributed by atoms with E-state index in [2.05, 4.69) is 10.9 Å². The first-order valence-electron chi connectivity index (χ1n) is 8.25. The smallest absolute Gasteiger partial charge is 0.307 e. The van der Waals surface area contributed by atoms with Crippen LogP contribution in [0.2, 0.25) is 0 Å². The molecule has 0 radical (unpaired) electrons. The summed E-state index contributed by atoms with van der Waals surface area (Å²) in [6, 6.07) is 6.59. The molecule has 0 aliphatic heterocycles. The number of rotatable bonds is 5. The summed E-state index contributed by atoms with van der Waals surface area (Å²) >= 11 is 0. The maximum absolute atomic E-state index is 12.4. The van der Waals surface area contributed by atoms with Crippen LogP contribution in [0.15, 0.2) is 36.4 Å². The van der Waals surface area contributed by atoms with Crippen LogP contribution in [-0.4, -0.2) is 29.5 Å². The molecular formula is C18H20N2O5. The highest BCUT2D eigenvalue weighted by Gasteiger charge is 2.51. The van der Waals surface area contributed by atoms with Gasteiger partial charge in [-0.1, -0.05) is 18.2 Å². The van der Waals surface area contributed by atoms with Crippen LogP contribution < -0.4 is 15.6 Å². The number of carbonyl (C=O) groups is 3. The van der Waals surface area contributed by atoms with Gasteiger partial charge in [0.25, 0.3) is 5.91 Å². The van der Waals surface area contributed by atoms with Crippen LogP contribution in [0, 0.1) is 23.7 Å². The third-order valence-corrected chi connectivity index (χ3v) is 4.75. The van der Waals surface area contributed by atoms with Crippen molar-refractivity contribution in [2.45, 2.75) is 13.3 Å². The number of carboxylic acids is 1. The van der Waals surface area contributed by atoms with Gasteiger partial charge >= 0.3 is 5.97 Å². The number of amides is 2. The minimum absolute atomic E-state index is 0.0933. The molecule has 1 aromatic carbocycles. The van der Waals surface area contributed by atoms with E-state index in [0.717, 1.165) is 0 Å². The standard InChI is InChI=1S/C18H20N2O5/c1-2-25-13-5-3-4-12(9-13)16(21)19-20-17(22)14-10-6-7-11(8-10)15(14)18(23)24/h3-7,9-11,14-15H,2,8H2,1H3,(H,19,21)(H,20,22)(H,23,24)/t10-,11+,14-,15-/m0/s1. The molecule has 1 saturated carbocycles. The highest BCUT2D eigenvalue weighted by Crippen LogP contribution is 2.48. The summed E-state index contributed by atoms with van der Waals surface area (Å²) in [5.74, 6) is -2.99. The molecule has 0 heterocycles. The van der Waals surface area contributed by atoms with Crippen molar-refractivity contribution in [3.8, 4) is 5.75 Å². The summed E-state index contributed by atoms with van der Waals surface area (Å²) in [6.07, 6.45) is 4.42. The Labute approximate surface area is 145 Å². The number of nitrogens with one attached hydrogen (secondary N) is 2. The monoisotopic (exact) mass is 344 g/mol. The van der Waals surface area contributed by atoms with Crippen molar-refractivity contribution < 1.29 is 24.2 Å². The Morgan fingerprint density at radius 2 is 1.88 bits per heavy atom. The summed E-state index contributed by atoms with van der Waals surface area (Å²) in [4.78, 5) is 36.0. The first-order chi connectivity index (χ1) is 12.0. The number of hydrazine groups is 1. The lowest BCUT2D eigenvalue weighted by molar-refractivity contribution is -0.148. The Morgan fingerprint density at radius 3 is 2.56 bits per heavy atom. The van der Waals surface area contributed by atoms with E-state index in [1.54, 1.807) is 24.3 Å². The molecule has 7 nitrogen and oxygen atoms in total. The van der Waals surface area contributed by atoms with Gasteiger partial charge in [-0.05, 0) is 43.4 Å². The number of aliphatic carboxylic acids is 1. The van der Waals surface area contributed by atoms with Gasteiger partial charge in [0, 0.05) is 5.56 Å². The minimum Gasteiger partial charge on any atom is -0.494 e. The van der Waals surface area contributed by atoms with E-state index in [0.29, 0.717) is 24.3 Å². The molecule has 0 spiro atoms. The predicted molar refractivity (Wildman–Crippen MR) is 88.6 cm³/mol. The molecule has 0 unspecified atom stereocenters. The van der Waals surface area contributed by atoms with E-state index in [9.17, 15) is 19.5 Å². The Kier molecular flexibility index (Phi) is 4.74. The second kappa shape index (κ2) is 6.96. The lowest BCUT2D eigenvalue weighted by Gasteiger charge is -2.23. The molecule has 2 aliphatic rings. The molecule has 3 rings (SSSR count). The molecule has 4 atom stereocenters. The fourth-order valence-corrected chi connectivity index (χ4v) is 3.68. The van der Waals surface area contributed by atoms with E-state index in [-0.39, 0.29) is 11.8 Å². The predicted octanol–water partition coefficient (Wildman–Crippen LogP) is 1.37. The van der Waals surface area contributed by atoms with Crippen LogP contribution in [0.25, 0.3) is 0 Å². The van der Waals surface area contributed by atoms with Crippen molar-refractivity contribution >= 4 is 17.8 Å². The summed E-state index contributed by atoms with van der Waals surface area (Å²) in [5, 5.41) is 9.38. The number of ether oxygens (including phenoxy) is 1. The van der Waals surface area contributed by atoms with Crippen LogP contribution in [-0.2, 0) is 9.59 Å². The zero-order valence-corrected chi connectivity index (χ0v) is 13.8. The summed E-state index contributed by atoms with van der Waals surface area (Å²) in [7, 11) is 0. The van der Waals surface area contributed by atoms with Gasteiger partial charge in [0.1, 0.15) is 5.75 Å². The first-order valence-corrected chi connectivity index (χ1v) is 8.25. The summed E-state index contributed by atoms with van der Waals surface area (Å²) in [6.45, 7) is 2.33. The summed E-state index contributed by atoms with van der Waals surface area (Å²) in [5.41, 5.74) is 5.06. The maximum atomic E-state index is 12.4. The molecule has 1 aromatic rings. The fourth-order valence-electron chi connectivity index (χ4n) is 3.68. The number of hydrogen-bond acceptors (Lipinski definition) is 4. The topological polar surface area (TPSA) is 105 Å². The average Bonchev–Trinajstić information content (AvgIpc) is 3.21. The van der Waals surface area contributed by atoms with Crippen LogP contribution in [0.3, 0.4) is 0 Å². The van der Waals surface area contributed by atoms with Crippen LogP contribution in [0.5, 0.6) is 5.75 Å². The van der Waals surface area contributed by atoms with Gasteiger partial charge in [0.2, 0.25) is 5.91 Å². The van der Waals surface area contributed by atoms with Crippen molar-refractivity contribution in [3.63, 3.8) is 0 Å². The third kappa shape index (κ3) is 3.35. The fraction of sp³-hybridized carbons (Fsp3) is 0.389. The Morgan fingerprint density at radius 1 is 1.16 bits per heavy atom. The molecule has 0 aromatic heterocycles. The van der Waals surface area contributed by atoms with Crippen molar-refractivity contribution in [2.75, 3.05) is 6.61 Å². The number of allylic oxidation sites excluding steroid dienone is 2. The minimum atomic E-state index is -0.979. The van der Waals surface area contributed by atoms with Gasteiger partial charge < -0.3 is 9.84 Å². The molecule has 0 saturated heterocycles. The van der Waals surface area contributed by atoms with E-state index in [1.807, 2.05) is 19.1 Å². The number of hydrogen-bond donors (Lipinski definition) is 3. The van der Waals surface area contributed by atoms with Gasteiger partial charge in [-0.3, -0.25) is 25.2 Å². The molecular weight excluding hydrogens is 324 g/mol. The Balaban J connectivity index is 1.62. The average molecular weight is 344 g/mol. The van der Waals surface area contributed by atoms with Crippen LogP contribution in [0.1, 0.15) is 23.7 Å². The second-order valence-corrected chi connectivity index (χ2v) is 6.24.